The summed E-state index contributed by atoms with van der Waals surface area (Å²) in [4.78, 5) is 14.0. The summed E-state index contributed by atoms with van der Waals surface area (Å²) in [6.45, 7) is 0. The van der Waals surface area contributed by atoms with Crippen LogP contribution in [0.2, 0.25) is 0 Å². The van der Waals surface area contributed by atoms with Gasteiger partial charge in [0.15, 0.2) is 0 Å². The standard InChI is InChI=1S/C8H3Br3N2O4S2/c9-8(10,11)19(16,17)7-12-5-3-4(13(14)15)1-2-6(5)18-7/h1-3H. The lowest BCUT2D eigenvalue weighted by Gasteiger charge is -2.09. The van der Waals surface area contributed by atoms with Crippen molar-refractivity contribution in [1.29, 1.82) is 0 Å². The minimum Gasteiger partial charge on any atom is -0.258 e. The quantitative estimate of drug-likeness (QED) is 0.360. The fourth-order valence-corrected chi connectivity index (χ4v) is 5.74. The Balaban J connectivity index is 2.63. The summed E-state index contributed by atoms with van der Waals surface area (Å²) < 4.78 is 23.1. The second-order valence-corrected chi connectivity index (χ2v) is 15.0. The first kappa shape index (κ1) is 15.3. The number of benzene rings is 1. The molecule has 0 saturated heterocycles. The van der Waals surface area contributed by atoms with Gasteiger partial charge in [0.05, 0.1) is 15.1 Å². The van der Waals surface area contributed by atoms with E-state index in [-0.39, 0.29) is 15.5 Å². The zero-order valence-electron chi connectivity index (χ0n) is 8.71. The number of rotatable bonds is 2. The van der Waals surface area contributed by atoms with Crippen molar-refractivity contribution >= 4 is 84.9 Å². The lowest BCUT2D eigenvalue weighted by molar-refractivity contribution is -0.384. The maximum atomic E-state index is 12.1. The minimum atomic E-state index is -3.78. The molecular weight excluding hydrogens is 492 g/mol. The van der Waals surface area contributed by atoms with E-state index in [1.165, 1.54) is 18.2 Å². The maximum absolute atomic E-state index is 12.1. The number of nitro benzene ring substituents is 1. The van der Waals surface area contributed by atoms with Crippen molar-refractivity contribution in [1.82, 2.24) is 4.98 Å². The molecule has 0 radical (unpaired) electrons. The molecule has 1 aromatic heterocycles. The number of hydrogen-bond acceptors (Lipinski definition) is 6. The van der Waals surface area contributed by atoms with Crippen LogP contribution < -0.4 is 0 Å². The van der Waals surface area contributed by atoms with Crippen molar-refractivity contribution in [3.05, 3.63) is 28.3 Å². The van der Waals surface area contributed by atoms with Crippen LogP contribution in [0, 0.1) is 10.1 Å². The molecule has 2 rings (SSSR count). The normalized spacial score (nSPS) is 12.8. The van der Waals surface area contributed by atoms with E-state index in [9.17, 15) is 18.5 Å². The van der Waals surface area contributed by atoms with Crippen molar-refractivity contribution in [3.8, 4) is 0 Å². The van der Waals surface area contributed by atoms with E-state index in [0.29, 0.717) is 4.70 Å². The van der Waals surface area contributed by atoms with Gasteiger partial charge in [0.2, 0.25) is 15.7 Å². The van der Waals surface area contributed by atoms with Gasteiger partial charge in [-0.1, -0.05) is 0 Å². The molecule has 0 atom stereocenters. The molecule has 0 aliphatic carbocycles. The summed E-state index contributed by atoms with van der Waals surface area (Å²) in [7, 11) is -3.78. The van der Waals surface area contributed by atoms with Crippen LogP contribution in [0.4, 0.5) is 5.69 Å². The third-order valence-electron chi connectivity index (χ3n) is 2.10. The van der Waals surface area contributed by atoms with Gasteiger partial charge in [-0.3, -0.25) is 10.1 Å². The first-order valence-corrected chi connectivity index (χ1v) is 9.17. The Bertz CT molecular complexity index is 766. The number of non-ortho nitro benzene ring substituents is 1. The topological polar surface area (TPSA) is 90.2 Å². The monoisotopic (exact) mass is 492 g/mol. The van der Waals surface area contributed by atoms with Gasteiger partial charge in [0.25, 0.3) is 5.69 Å². The van der Waals surface area contributed by atoms with Gasteiger partial charge in [-0.15, -0.1) is 11.3 Å². The molecule has 0 aliphatic rings. The molecule has 19 heavy (non-hydrogen) atoms. The maximum Gasteiger partial charge on any atom is 0.271 e. The lowest BCUT2D eigenvalue weighted by Crippen LogP contribution is -2.17. The van der Waals surface area contributed by atoms with Crippen LogP contribution in [0.1, 0.15) is 0 Å². The molecule has 2 aromatic rings. The predicted molar refractivity (Wildman–Crippen MR) is 83.0 cm³/mol. The van der Waals surface area contributed by atoms with Gasteiger partial charge < -0.3 is 0 Å². The van der Waals surface area contributed by atoms with Crippen molar-refractivity contribution < 1.29 is 13.3 Å². The van der Waals surface area contributed by atoms with E-state index in [0.717, 1.165) is 11.3 Å². The van der Waals surface area contributed by atoms with Gasteiger partial charge >= 0.3 is 0 Å². The van der Waals surface area contributed by atoms with E-state index >= 15 is 0 Å². The number of nitro groups is 1. The highest BCUT2D eigenvalue weighted by atomic mass is 80.0. The number of thiazole rings is 1. The molecule has 102 valence electrons. The summed E-state index contributed by atoms with van der Waals surface area (Å²) in [5.74, 6) is 0. The molecule has 0 amide bonds. The largest absolute Gasteiger partial charge is 0.271 e. The first-order valence-electron chi connectivity index (χ1n) is 4.49. The highest BCUT2D eigenvalue weighted by Crippen LogP contribution is 2.44. The molecule has 6 nitrogen and oxygen atoms in total. The SMILES string of the molecule is O=[N+]([O-])c1ccc2sc(S(=O)(=O)C(Br)(Br)Br)nc2c1. The second kappa shape index (κ2) is 5.02. The van der Waals surface area contributed by atoms with Gasteiger partial charge in [0.1, 0.15) is 0 Å². The van der Waals surface area contributed by atoms with E-state index in [1.807, 2.05) is 0 Å². The third-order valence-corrected chi connectivity index (χ3v) is 8.83. The molecule has 0 spiro atoms. The Labute approximate surface area is 136 Å². The molecule has 0 N–H and O–H groups in total. The molecule has 1 aromatic carbocycles. The molecule has 0 bridgehead atoms. The molecule has 0 fully saturated rings. The van der Waals surface area contributed by atoms with E-state index in [1.54, 1.807) is 0 Å². The minimum absolute atomic E-state index is 0.135. The predicted octanol–water partition coefficient (Wildman–Crippen LogP) is 3.77. The highest BCUT2D eigenvalue weighted by molar-refractivity contribution is 9.42. The van der Waals surface area contributed by atoms with Crippen molar-refractivity contribution in [2.75, 3.05) is 0 Å². The van der Waals surface area contributed by atoms with Gasteiger partial charge in [-0.05, 0) is 53.9 Å². The lowest BCUT2D eigenvalue weighted by atomic mass is 10.3. The van der Waals surface area contributed by atoms with E-state index in [2.05, 4.69) is 52.8 Å². The van der Waals surface area contributed by atoms with Gasteiger partial charge in [-0.2, -0.15) is 0 Å². The van der Waals surface area contributed by atoms with Crippen LogP contribution in [-0.4, -0.2) is 19.8 Å². The first-order chi connectivity index (χ1) is 8.63. The zero-order chi connectivity index (χ0) is 14.4. The molecule has 0 aliphatic heterocycles. The van der Waals surface area contributed by atoms with Crippen LogP contribution >= 0.6 is 59.1 Å². The number of aromatic nitrogens is 1. The smallest absolute Gasteiger partial charge is 0.258 e. The van der Waals surface area contributed by atoms with Gasteiger partial charge in [-0.25, -0.2) is 13.4 Å². The fraction of sp³-hybridized carbons (Fsp3) is 0.125. The Morgan fingerprint density at radius 1 is 1.32 bits per heavy atom. The Morgan fingerprint density at radius 3 is 2.47 bits per heavy atom. The average molecular weight is 495 g/mol. The number of fused-ring (bicyclic) bond motifs is 1. The van der Waals surface area contributed by atoms with Crippen LogP contribution in [0.5, 0.6) is 0 Å². The summed E-state index contributed by atoms with van der Waals surface area (Å²) in [5.41, 5.74) is 0.138. The van der Waals surface area contributed by atoms with Crippen LogP contribution in [0.25, 0.3) is 10.2 Å². The molecular formula is C8H3Br3N2O4S2. The van der Waals surface area contributed by atoms with Crippen molar-refractivity contribution in [2.45, 2.75) is 5.81 Å². The number of alkyl halides is 3. The fourth-order valence-electron chi connectivity index (χ4n) is 1.22. The average Bonchev–Trinajstić information content (AvgIpc) is 2.70. The Morgan fingerprint density at radius 2 is 1.95 bits per heavy atom. The summed E-state index contributed by atoms with van der Waals surface area (Å²) in [6.07, 6.45) is 0. The molecule has 0 unspecified atom stereocenters. The molecule has 1 heterocycles. The van der Waals surface area contributed by atoms with E-state index in [4.69, 9.17) is 0 Å². The van der Waals surface area contributed by atoms with Crippen molar-refractivity contribution in [3.63, 3.8) is 0 Å². The van der Waals surface area contributed by atoms with Crippen LogP contribution in [-0.2, 0) is 9.84 Å². The van der Waals surface area contributed by atoms with Gasteiger partial charge in [0, 0.05) is 12.1 Å². The summed E-state index contributed by atoms with van der Waals surface area (Å²) in [5, 5.41) is 10.6. The molecule has 0 saturated carbocycles. The number of hydrogen-bond donors (Lipinski definition) is 0. The number of sulfone groups is 1. The van der Waals surface area contributed by atoms with Crippen LogP contribution in [0.3, 0.4) is 0 Å². The highest BCUT2D eigenvalue weighted by Gasteiger charge is 2.40. The molecule has 11 heteroatoms. The van der Waals surface area contributed by atoms with Crippen molar-refractivity contribution in [2.24, 2.45) is 0 Å². The second-order valence-electron chi connectivity index (χ2n) is 3.34. The number of halogens is 3. The summed E-state index contributed by atoms with van der Waals surface area (Å²) >= 11 is 9.75. The third kappa shape index (κ3) is 2.84. The zero-order valence-corrected chi connectivity index (χ0v) is 15.1. The summed E-state index contributed by atoms with van der Waals surface area (Å²) in [6, 6.07) is 4.02. The van der Waals surface area contributed by atoms with E-state index < -0.39 is 16.2 Å². The number of nitrogens with zero attached hydrogens (tertiary/aromatic N) is 2. The Kier molecular flexibility index (Phi) is 4.04. The Hall–Kier alpha value is -0.100. The van der Waals surface area contributed by atoms with Crippen LogP contribution in [0.15, 0.2) is 22.5 Å².